The summed E-state index contributed by atoms with van der Waals surface area (Å²) >= 11 is 6.03. The average Bonchev–Trinajstić information content (AvgIpc) is 2.42. The smallest absolute Gasteiger partial charge is 0.218 e. The van der Waals surface area contributed by atoms with Gasteiger partial charge in [0.05, 0.1) is 5.75 Å². The maximum absolute atomic E-state index is 12.4. The lowest BCUT2D eigenvalue weighted by atomic mass is 10.0. The first-order valence-electron chi connectivity index (χ1n) is 6.74. The van der Waals surface area contributed by atoms with E-state index in [1.54, 1.807) is 31.3 Å². The Morgan fingerprint density at radius 3 is 2.60 bits per heavy atom. The largest absolute Gasteiger partial charge is 0.381 e. The molecule has 0 atom stereocenters. The Morgan fingerprint density at radius 2 is 1.95 bits per heavy atom. The summed E-state index contributed by atoms with van der Waals surface area (Å²) in [5, 5.41) is 0.496. The van der Waals surface area contributed by atoms with E-state index >= 15 is 0 Å². The van der Waals surface area contributed by atoms with E-state index in [0.29, 0.717) is 23.0 Å². The van der Waals surface area contributed by atoms with Crippen LogP contribution in [0.5, 0.6) is 0 Å². The van der Waals surface area contributed by atoms with Gasteiger partial charge in [0.25, 0.3) is 0 Å². The molecule has 0 amide bonds. The number of hydrogen-bond acceptors (Lipinski definition) is 3. The molecular weight excluding hydrogens is 298 g/mol. The van der Waals surface area contributed by atoms with E-state index < -0.39 is 10.0 Å². The molecule has 1 fully saturated rings. The minimum atomic E-state index is -3.33. The van der Waals surface area contributed by atoms with Crippen molar-refractivity contribution >= 4 is 21.6 Å². The van der Waals surface area contributed by atoms with Crippen molar-refractivity contribution in [1.82, 2.24) is 4.31 Å². The number of sulfonamides is 1. The molecule has 1 heterocycles. The number of nitrogens with zero attached hydrogens (tertiary/aromatic N) is 1. The molecule has 1 aliphatic heterocycles. The van der Waals surface area contributed by atoms with Gasteiger partial charge < -0.3 is 4.74 Å². The molecule has 20 heavy (non-hydrogen) atoms. The summed E-state index contributed by atoms with van der Waals surface area (Å²) in [6.07, 6.45) is 1.85. The third-order valence-corrected chi connectivity index (χ3v) is 5.77. The number of halogens is 1. The topological polar surface area (TPSA) is 46.6 Å². The van der Waals surface area contributed by atoms with Crippen LogP contribution in [-0.4, -0.2) is 39.5 Å². The normalized spacial score (nSPS) is 17.6. The van der Waals surface area contributed by atoms with Crippen molar-refractivity contribution in [2.24, 2.45) is 5.92 Å². The minimum absolute atomic E-state index is 0.0492. The van der Waals surface area contributed by atoms with Crippen molar-refractivity contribution in [3.8, 4) is 0 Å². The Morgan fingerprint density at radius 1 is 1.30 bits per heavy atom. The van der Waals surface area contributed by atoms with Crippen molar-refractivity contribution in [2.75, 3.05) is 26.8 Å². The van der Waals surface area contributed by atoms with Crippen molar-refractivity contribution in [3.05, 3.63) is 34.9 Å². The highest BCUT2D eigenvalue weighted by atomic mass is 35.5. The zero-order chi connectivity index (χ0) is 14.6. The molecule has 0 N–H and O–H groups in total. The van der Waals surface area contributed by atoms with E-state index in [1.807, 2.05) is 0 Å². The fourth-order valence-electron chi connectivity index (χ4n) is 2.33. The molecule has 4 nitrogen and oxygen atoms in total. The molecule has 0 radical (unpaired) electrons. The Kier molecular flexibility index (Phi) is 5.43. The van der Waals surface area contributed by atoms with Gasteiger partial charge in [-0.05, 0) is 30.4 Å². The maximum atomic E-state index is 12.4. The second kappa shape index (κ2) is 6.89. The third kappa shape index (κ3) is 4.19. The summed E-state index contributed by atoms with van der Waals surface area (Å²) < 4.78 is 31.5. The van der Waals surface area contributed by atoms with Gasteiger partial charge in [-0.3, -0.25) is 0 Å². The highest BCUT2D eigenvalue weighted by molar-refractivity contribution is 7.88. The van der Waals surface area contributed by atoms with Gasteiger partial charge in [0.15, 0.2) is 0 Å². The second-order valence-corrected chi connectivity index (χ2v) is 7.67. The van der Waals surface area contributed by atoms with Gasteiger partial charge in [0.2, 0.25) is 10.0 Å². The highest BCUT2D eigenvalue weighted by Crippen LogP contribution is 2.21. The van der Waals surface area contributed by atoms with Gasteiger partial charge in [-0.25, -0.2) is 12.7 Å². The number of benzene rings is 1. The lowest BCUT2D eigenvalue weighted by Crippen LogP contribution is -2.35. The number of hydrogen-bond donors (Lipinski definition) is 0. The SMILES string of the molecule is CN(CC1CCOCC1)S(=O)(=O)Cc1ccccc1Cl. The lowest BCUT2D eigenvalue weighted by Gasteiger charge is -2.26. The molecule has 0 unspecified atom stereocenters. The molecule has 0 aromatic heterocycles. The molecule has 1 aromatic rings. The first-order chi connectivity index (χ1) is 9.49. The first kappa shape index (κ1) is 15.8. The van der Waals surface area contributed by atoms with Gasteiger partial charge in [0, 0.05) is 31.8 Å². The Labute approximate surface area is 125 Å². The van der Waals surface area contributed by atoms with Crippen molar-refractivity contribution < 1.29 is 13.2 Å². The van der Waals surface area contributed by atoms with Gasteiger partial charge >= 0.3 is 0 Å². The van der Waals surface area contributed by atoms with Crippen LogP contribution in [0.2, 0.25) is 5.02 Å². The summed E-state index contributed by atoms with van der Waals surface area (Å²) in [5.74, 6) is 0.335. The van der Waals surface area contributed by atoms with E-state index in [4.69, 9.17) is 16.3 Å². The molecule has 1 aliphatic rings. The third-order valence-electron chi connectivity index (χ3n) is 3.63. The predicted molar refractivity (Wildman–Crippen MR) is 80.2 cm³/mol. The Hall–Kier alpha value is -0.620. The van der Waals surface area contributed by atoms with Crippen molar-refractivity contribution in [3.63, 3.8) is 0 Å². The van der Waals surface area contributed by atoms with E-state index in [0.717, 1.165) is 26.1 Å². The summed E-state index contributed by atoms with van der Waals surface area (Å²) in [6, 6.07) is 7.06. The van der Waals surface area contributed by atoms with Crippen LogP contribution in [0.15, 0.2) is 24.3 Å². The minimum Gasteiger partial charge on any atom is -0.381 e. The summed E-state index contributed by atoms with van der Waals surface area (Å²) in [5.41, 5.74) is 0.646. The molecule has 0 bridgehead atoms. The van der Waals surface area contributed by atoms with Gasteiger partial charge in [0.1, 0.15) is 0 Å². The van der Waals surface area contributed by atoms with E-state index in [-0.39, 0.29) is 5.75 Å². The molecule has 112 valence electrons. The summed E-state index contributed by atoms with van der Waals surface area (Å²) in [4.78, 5) is 0. The maximum Gasteiger partial charge on any atom is 0.218 e. The first-order valence-corrected chi connectivity index (χ1v) is 8.73. The zero-order valence-electron chi connectivity index (χ0n) is 11.6. The summed E-state index contributed by atoms with van der Waals surface area (Å²) in [6.45, 7) is 2.00. The van der Waals surface area contributed by atoms with Crippen LogP contribution >= 0.6 is 11.6 Å². The molecule has 0 aliphatic carbocycles. The van der Waals surface area contributed by atoms with Crippen molar-refractivity contribution in [1.29, 1.82) is 0 Å². The van der Waals surface area contributed by atoms with E-state index in [2.05, 4.69) is 0 Å². The number of rotatable bonds is 5. The fourth-order valence-corrected chi connectivity index (χ4v) is 3.91. The number of ether oxygens (including phenoxy) is 1. The monoisotopic (exact) mass is 317 g/mol. The quantitative estimate of drug-likeness (QED) is 0.838. The average molecular weight is 318 g/mol. The lowest BCUT2D eigenvalue weighted by molar-refractivity contribution is 0.0620. The van der Waals surface area contributed by atoms with E-state index in [1.165, 1.54) is 4.31 Å². The van der Waals surface area contributed by atoms with Crippen LogP contribution in [0.25, 0.3) is 0 Å². The summed E-state index contributed by atoms with van der Waals surface area (Å²) in [7, 11) is -1.69. The second-order valence-electron chi connectivity index (χ2n) is 5.18. The molecule has 0 saturated carbocycles. The molecule has 0 spiro atoms. The van der Waals surface area contributed by atoms with Crippen LogP contribution in [0, 0.1) is 5.92 Å². The molecule has 1 saturated heterocycles. The van der Waals surface area contributed by atoms with Crippen LogP contribution in [0.3, 0.4) is 0 Å². The Balaban J connectivity index is 2.00. The molecular formula is C14H20ClNO3S. The van der Waals surface area contributed by atoms with Crippen LogP contribution < -0.4 is 0 Å². The fraction of sp³-hybridized carbons (Fsp3) is 0.571. The van der Waals surface area contributed by atoms with Gasteiger partial charge in [-0.1, -0.05) is 29.8 Å². The molecule has 6 heteroatoms. The van der Waals surface area contributed by atoms with Crippen LogP contribution in [0.4, 0.5) is 0 Å². The zero-order valence-corrected chi connectivity index (χ0v) is 13.2. The van der Waals surface area contributed by atoms with Gasteiger partial charge in [-0.15, -0.1) is 0 Å². The van der Waals surface area contributed by atoms with Gasteiger partial charge in [-0.2, -0.15) is 0 Å². The predicted octanol–water partition coefficient (Wildman–Crippen LogP) is 2.53. The van der Waals surface area contributed by atoms with Crippen LogP contribution in [-0.2, 0) is 20.5 Å². The highest BCUT2D eigenvalue weighted by Gasteiger charge is 2.24. The van der Waals surface area contributed by atoms with Crippen molar-refractivity contribution in [2.45, 2.75) is 18.6 Å². The van der Waals surface area contributed by atoms with E-state index in [9.17, 15) is 8.42 Å². The Bertz CT molecular complexity index is 541. The molecule has 1 aromatic carbocycles. The molecule has 2 rings (SSSR count). The standard InChI is InChI=1S/C14H20ClNO3S/c1-16(10-12-6-8-19-9-7-12)20(17,18)11-13-4-2-3-5-14(13)15/h2-5,12H,6-11H2,1H3. The van der Waals surface area contributed by atoms with Crippen LogP contribution in [0.1, 0.15) is 18.4 Å².